The molecule has 2 saturated heterocycles. The third-order valence-corrected chi connectivity index (χ3v) is 8.26. The maximum atomic E-state index is 15.4. The van der Waals surface area contributed by atoms with Crippen LogP contribution in [-0.2, 0) is 28.5 Å². The first-order valence-electron chi connectivity index (χ1n) is 15.5. The highest BCUT2D eigenvalue weighted by Crippen LogP contribution is 2.43. The van der Waals surface area contributed by atoms with Gasteiger partial charge in [-0.15, -0.1) is 0 Å². The Bertz CT molecular complexity index is 1550. The van der Waals surface area contributed by atoms with Crippen LogP contribution in [0.4, 0.5) is 20.4 Å². The van der Waals surface area contributed by atoms with Crippen molar-refractivity contribution in [3.8, 4) is 0 Å². The number of nitrogens with zero attached hydrogens (tertiary/aromatic N) is 4. The van der Waals surface area contributed by atoms with Gasteiger partial charge in [0.1, 0.15) is 35.5 Å². The second kappa shape index (κ2) is 15.5. The number of nitrogen functional groups attached to an aromatic ring is 2. The third-order valence-electron chi connectivity index (χ3n) is 8.26. The second-order valence-electron chi connectivity index (χ2n) is 12.2. The summed E-state index contributed by atoms with van der Waals surface area (Å²) in [4.78, 5) is 55.1. The molecule has 0 spiro atoms. The topological polar surface area (TPSA) is 233 Å². The Morgan fingerprint density at radius 2 is 1.35 bits per heavy atom. The van der Waals surface area contributed by atoms with Crippen molar-refractivity contribution >= 4 is 23.6 Å². The van der Waals surface area contributed by atoms with Crippen molar-refractivity contribution in [2.75, 3.05) is 24.7 Å². The Hall–Kier alpha value is -4.00. The fourth-order valence-electron chi connectivity index (χ4n) is 5.12. The Labute approximate surface area is 275 Å². The van der Waals surface area contributed by atoms with E-state index in [2.05, 4.69) is 9.97 Å². The third kappa shape index (κ3) is 7.82. The summed E-state index contributed by atoms with van der Waals surface area (Å²) in [5.41, 5.74) is 6.38. The molecule has 0 bridgehead atoms. The molecule has 8 atom stereocenters. The van der Waals surface area contributed by atoms with Crippen molar-refractivity contribution in [3.63, 3.8) is 0 Å². The monoisotopic (exact) mass is 686 g/mol. The van der Waals surface area contributed by atoms with Gasteiger partial charge in [0.05, 0.1) is 18.4 Å². The van der Waals surface area contributed by atoms with E-state index in [-0.39, 0.29) is 31.1 Å². The van der Waals surface area contributed by atoms with Gasteiger partial charge in [-0.1, -0.05) is 41.5 Å². The normalized spacial score (nSPS) is 29.8. The molecule has 0 amide bonds. The Kier molecular flexibility index (Phi) is 12.4. The molecule has 6 N–H and O–H groups in total. The minimum Gasteiger partial charge on any atom is -0.462 e. The number of anilines is 2. The van der Waals surface area contributed by atoms with E-state index in [1.54, 1.807) is 41.5 Å². The van der Waals surface area contributed by atoms with E-state index in [0.29, 0.717) is 0 Å². The summed E-state index contributed by atoms with van der Waals surface area (Å²) in [5.74, 6) is -2.04. The molecule has 16 nitrogen and oxygen atoms in total. The number of hydrogen-bond acceptors (Lipinski definition) is 14. The first kappa shape index (κ1) is 38.4. The van der Waals surface area contributed by atoms with Crippen LogP contribution in [-0.4, -0.2) is 90.2 Å². The van der Waals surface area contributed by atoms with Crippen molar-refractivity contribution in [1.82, 2.24) is 19.1 Å². The summed E-state index contributed by atoms with van der Waals surface area (Å²) in [6, 6.07) is 2.66. The molecule has 2 aliphatic rings. The lowest BCUT2D eigenvalue weighted by Crippen LogP contribution is -2.49. The quantitative estimate of drug-likeness (QED) is 0.253. The van der Waals surface area contributed by atoms with Gasteiger partial charge in [-0.05, 0) is 25.0 Å². The predicted molar refractivity (Wildman–Crippen MR) is 166 cm³/mol. The number of aromatic nitrogens is 4. The SMILES string of the molecule is CC[C@]1(CO)O[C@@H](n2ccc(N)nc2=O)[C@H](F)[C@@H]1O.CC[C@]1(COC(=O)C(C)C)O[C@@H](n2ccc(N)nc2=O)[C@H](F)[C@@H]1OC(=O)C(C)C. The van der Waals surface area contributed by atoms with Crippen LogP contribution in [0.3, 0.4) is 0 Å². The summed E-state index contributed by atoms with van der Waals surface area (Å²) >= 11 is 0. The van der Waals surface area contributed by atoms with Crippen LogP contribution < -0.4 is 22.8 Å². The molecule has 0 saturated carbocycles. The molecule has 268 valence electrons. The molecule has 4 heterocycles. The Morgan fingerprint density at radius 3 is 1.75 bits per heavy atom. The highest BCUT2D eigenvalue weighted by molar-refractivity contribution is 5.72. The number of esters is 2. The fraction of sp³-hybridized carbons (Fsp3) is 0.667. The lowest BCUT2D eigenvalue weighted by molar-refractivity contribution is -0.182. The van der Waals surface area contributed by atoms with Crippen LogP contribution in [0.5, 0.6) is 0 Å². The minimum absolute atomic E-state index is 0.0131. The zero-order chi connectivity index (χ0) is 36.1. The molecule has 0 radical (unpaired) electrons. The van der Waals surface area contributed by atoms with Gasteiger partial charge in [0.2, 0.25) is 0 Å². The highest BCUT2D eigenvalue weighted by atomic mass is 19.1. The number of alkyl halides is 2. The molecule has 2 aromatic heterocycles. The molecule has 2 aromatic rings. The average Bonchev–Trinajstić information content (AvgIpc) is 3.45. The number of aliphatic hydroxyl groups excluding tert-OH is 2. The lowest BCUT2D eigenvalue weighted by atomic mass is 9.93. The number of aliphatic hydroxyl groups is 2. The average molecular weight is 687 g/mol. The smallest absolute Gasteiger partial charge is 0.351 e. The van der Waals surface area contributed by atoms with Gasteiger partial charge >= 0.3 is 23.3 Å². The molecule has 0 aliphatic carbocycles. The maximum absolute atomic E-state index is 15.4. The number of nitrogens with two attached hydrogens (primary N) is 2. The van der Waals surface area contributed by atoms with E-state index in [0.717, 1.165) is 9.13 Å². The highest BCUT2D eigenvalue weighted by Gasteiger charge is 2.59. The molecular formula is C30H44F2N6O10. The maximum Gasteiger partial charge on any atom is 0.351 e. The van der Waals surface area contributed by atoms with Crippen LogP contribution in [0.25, 0.3) is 0 Å². The standard InChI is InChI=1S/C19H28FN3O6.C11H16FN3O4/c1-6-19(9-27-16(24)10(2)3)14(28-17(25)11(4)5)13(20)15(29-19)23-8-7-12(21)22-18(23)26;1-2-11(5-16)8(17)7(12)9(19-11)15-4-3-6(13)14-10(15)18/h7-8,10-11,13-15H,6,9H2,1-5H3,(H2,21,22,26);3-4,7-9,16-17H,2,5H2,1H3,(H2,13,14,18)/t13-,14+,15-,19-;7-,8+,9-,11-/m11/s1. The Morgan fingerprint density at radius 1 is 0.896 bits per heavy atom. The number of ether oxygens (including phenoxy) is 4. The van der Waals surface area contributed by atoms with E-state index in [4.69, 9.17) is 30.4 Å². The summed E-state index contributed by atoms with van der Waals surface area (Å²) in [6.45, 7) is 9.02. The van der Waals surface area contributed by atoms with Gasteiger partial charge in [0.15, 0.2) is 30.9 Å². The van der Waals surface area contributed by atoms with Gasteiger partial charge in [-0.3, -0.25) is 18.7 Å². The lowest BCUT2D eigenvalue weighted by Gasteiger charge is -2.32. The van der Waals surface area contributed by atoms with E-state index in [9.17, 15) is 33.8 Å². The zero-order valence-corrected chi connectivity index (χ0v) is 27.6. The van der Waals surface area contributed by atoms with Crippen LogP contribution in [0.1, 0.15) is 66.8 Å². The predicted octanol–water partition coefficient (Wildman–Crippen LogP) is 0.803. The molecule has 2 fully saturated rings. The van der Waals surface area contributed by atoms with Gasteiger partial charge in [-0.2, -0.15) is 9.97 Å². The van der Waals surface area contributed by atoms with Crippen LogP contribution in [0.2, 0.25) is 0 Å². The molecule has 4 rings (SSSR count). The minimum atomic E-state index is -1.89. The van der Waals surface area contributed by atoms with Crippen LogP contribution in [0.15, 0.2) is 34.1 Å². The number of carbonyl (C=O) groups is 2. The van der Waals surface area contributed by atoms with Gasteiger partial charge in [0, 0.05) is 12.4 Å². The summed E-state index contributed by atoms with van der Waals surface area (Å²) in [6.07, 6.45) is -6.49. The molecular weight excluding hydrogens is 642 g/mol. The van der Waals surface area contributed by atoms with Crippen molar-refractivity contribution in [3.05, 3.63) is 45.5 Å². The fourth-order valence-corrected chi connectivity index (χ4v) is 5.12. The van der Waals surface area contributed by atoms with E-state index < -0.39 is 90.0 Å². The number of halogens is 2. The summed E-state index contributed by atoms with van der Waals surface area (Å²) in [5, 5.41) is 19.2. The Balaban J connectivity index is 0.000000284. The van der Waals surface area contributed by atoms with E-state index in [1.165, 1.54) is 24.5 Å². The van der Waals surface area contributed by atoms with E-state index in [1.807, 2.05) is 0 Å². The van der Waals surface area contributed by atoms with Crippen molar-refractivity contribution in [2.24, 2.45) is 11.8 Å². The second-order valence-corrected chi connectivity index (χ2v) is 12.2. The van der Waals surface area contributed by atoms with Crippen molar-refractivity contribution in [1.29, 1.82) is 0 Å². The molecule has 48 heavy (non-hydrogen) atoms. The molecule has 0 unspecified atom stereocenters. The first-order chi connectivity index (χ1) is 22.5. The first-order valence-corrected chi connectivity index (χ1v) is 15.5. The van der Waals surface area contributed by atoms with Gasteiger partial charge in [0.25, 0.3) is 0 Å². The molecule has 0 aromatic carbocycles. The summed E-state index contributed by atoms with van der Waals surface area (Å²) in [7, 11) is 0. The number of carbonyl (C=O) groups excluding carboxylic acids is 2. The number of hydrogen-bond donors (Lipinski definition) is 4. The molecule has 2 aliphatic heterocycles. The summed E-state index contributed by atoms with van der Waals surface area (Å²) < 4.78 is 53.4. The van der Waals surface area contributed by atoms with Crippen LogP contribution in [0, 0.1) is 11.8 Å². The molecule has 18 heteroatoms. The zero-order valence-electron chi connectivity index (χ0n) is 27.6. The van der Waals surface area contributed by atoms with Crippen LogP contribution >= 0.6 is 0 Å². The van der Waals surface area contributed by atoms with Gasteiger partial charge in [-0.25, -0.2) is 18.4 Å². The number of rotatable bonds is 10. The largest absolute Gasteiger partial charge is 0.462 e. The van der Waals surface area contributed by atoms with Gasteiger partial charge < -0.3 is 40.6 Å². The van der Waals surface area contributed by atoms with Crippen molar-refractivity contribution in [2.45, 2.75) is 103 Å². The van der Waals surface area contributed by atoms with Crippen molar-refractivity contribution < 1.29 is 47.5 Å². The van der Waals surface area contributed by atoms with E-state index >= 15 is 4.39 Å².